The van der Waals surface area contributed by atoms with E-state index in [-0.39, 0.29) is 6.10 Å². The van der Waals surface area contributed by atoms with Crippen molar-refractivity contribution in [2.75, 3.05) is 6.54 Å². The van der Waals surface area contributed by atoms with Crippen LogP contribution in [0.2, 0.25) is 0 Å². The second kappa shape index (κ2) is 6.35. The molecule has 1 aromatic carbocycles. The molecule has 2 nitrogen and oxygen atoms in total. The van der Waals surface area contributed by atoms with E-state index in [0.717, 1.165) is 18.5 Å². The first-order chi connectivity index (χ1) is 8.66. The molecule has 2 heteroatoms. The van der Waals surface area contributed by atoms with E-state index < -0.39 is 0 Å². The second-order valence-corrected chi connectivity index (χ2v) is 5.60. The largest absolute Gasteiger partial charge is 0.388 e. The van der Waals surface area contributed by atoms with Crippen LogP contribution < -0.4 is 5.32 Å². The minimum absolute atomic E-state index is 0.334. The third-order valence-corrected chi connectivity index (χ3v) is 4.00. The maximum absolute atomic E-state index is 10.3. The molecule has 1 atom stereocenters. The molecule has 2 rings (SSSR count). The van der Waals surface area contributed by atoms with Crippen molar-refractivity contribution in [3.8, 4) is 0 Å². The van der Waals surface area contributed by atoms with Crippen LogP contribution in [0.15, 0.2) is 18.2 Å². The number of benzene rings is 1. The van der Waals surface area contributed by atoms with Gasteiger partial charge in [0.2, 0.25) is 0 Å². The van der Waals surface area contributed by atoms with E-state index in [2.05, 4.69) is 37.4 Å². The van der Waals surface area contributed by atoms with E-state index in [1.165, 1.54) is 36.8 Å². The van der Waals surface area contributed by atoms with E-state index >= 15 is 0 Å². The molecule has 0 aromatic heterocycles. The van der Waals surface area contributed by atoms with Crippen LogP contribution in [-0.4, -0.2) is 17.7 Å². The number of hydrogen-bond donors (Lipinski definition) is 2. The number of aliphatic hydroxyl groups is 1. The first kappa shape index (κ1) is 13.6. The van der Waals surface area contributed by atoms with Gasteiger partial charge in [0.05, 0.1) is 6.10 Å². The number of hydrogen-bond acceptors (Lipinski definition) is 2. The molecule has 0 saturated heterocycles. The highest BCUT2D eigenvalue weighted by Gasteiger charge is 2.15. The van der Waals surface area contributed by atoms with Crippen LogP contribution in [0, 0.1) is 13.8 Å². The summed E-state index contributed by atoms with van der Waals surface area (Å²) in [4.78, 5) is 0. The maximum atomic E-state index is 10.3. The zero-order chi connectivity index (χ0) is 13.0. The first-order valence-corrected chi connectivity index (χ1v) is 7.15. The van der Waals surface area contributed by atoms with E-state index in [4.69, 9.17) is 0 Å². The molecule has 1 aromatic rings. The molecule has 100 valence electrons. The van der Waals surface area contributed by atoms with Crippen molar-refractivity contribution in [3.05, 3.63) is 34.9 Å². The Morgan fingerprint density at radius 1 is 1.28 bits per heavy atom. The third-order valence-electron chi connectivity index (χ3n) is 4.00. The molecule has 0 bridgehead atoms. The Bertz CT molecular complexity index is 383. The predicted molar refractivity (Wildman–Crippen MR) is 75.8 cm³/mol. The second-order valence-electron chi connectivity index (χ2n) is 5.60. The Morgan fingerprint density at radius 3 is 2.72 bits per heavy atom. The van der Waals surface area contributed by atoms with Crippen molar-refractivity contribution < 1.29 is 5.11 Å². The van der Waals surface area contributed by atoms with Gasteiger partial charge in [0, 0.05) is 6.04 Å². The zero-order valence-electron chi connectivity index (χ0n) is 11.6. The summed E-state index contributed by atoms with van der Waals surface area (Å²) in [5.74, 6) is 0. The van der Waals surface area contributed by atoms with Gasteiger partial charge in [0.25, 0.3) is 0 Å². The molecule has 1 aliphatic rings. The third kappa shape index (κ3) is 3.56. The summed E-state index contributed by atoms with van der Waals surface area (Å²) in [6.07, 6.45) is 5.80. The standard InChI is InChI=1S/C16H25NO/c1-12-7-8-13(2)15(11-12)16(18)9-10-17-14-5-3-4-6-14/h7-8,11,14,16-18H,3-6,9-10H2,1-2H3. The normalized spacial score (nSPS) is 18.2. The number of nitrogens with one attached hydrogen (secondary N) is 1. The van der Waals surface area contributed by atoms with Gasteiger partial charge in [-0.15, -0.1) is 0 Å². The summed E-state index contributed by atoms with van der Waals surface area (Å²) in [5, 5.41) is 13.8. The van der Waals surface area contributed by atoms with Gasteiger partial charge in [0.1, 0.15) is 0 Å². The fourth-order valence-electron chi connectivity index (χ4n) is 2.83. The van der Waals surface area contributed by atoms with Crippen molar-refractivity contribution in [2.24, 2.45) is 0 Å². The van der Waals surface area contributed by atoms with Gasteiger partial charge in [0.15, 0.2) is 0 Å². The molecular formula is C16H25NO. The highest BCUT2D eigenvalue weighted by Crippen LogP contribution is 2.22. The van der Waals surface area contributed by atoms with E-state index in [0.29, 0.717) is 6.04 Å². The first-order valence-electron chi connectivity index (χ1n) is 7.15. The maximum Gasteiger partial charge on any atom is 0.0804 e. The Morgan fingerprint density at radius 2 is 2.00 bits per heavy atom. The van der Waals surface area contributed by atoms with Gasteiger partial charge in [-0.2, -0.15) is 0 Å². The lowest BCUT2D eigenvalue weighted by molar-refractivity contribution is 0.164. The summed E-state index contributed by atoms with van der Waals surface area (Å²) >= 11 is 0. The van der Waals surface area contributed by atoms with Crippen LogP contribution in [-0.2, 0) is 0 Å². The van der Waals surface area contributed by atoms with E-state index in [9.17, 15) is 5.11 Å². The lowest BCUT2D eigenvalue weighted by Crippen LogP contribution is -2.28. The minimum atomic E-state index is -0.334. The van der Waals surface area contributed by atoms with Crippen LogP contribution in [0.4, 0.5) is 0 Å². The van der Waals surface area contributed by atoms with Gasteiger partial charge >= 0.3 is 0 Å². The highest BCUT2D eigenvalue weighted by molar-refractivity contribution is 5.32. The molecule has 1 unspecified atom stereocenters. The summed E-state index contributed by atoms with van der Waals surface area (Å²) in [6.45, 7) is 5.06. The lowest BCUT2D eigenvalue weighted by atomic mass is 9.99. The van der Waals surface area contributed by atoms with Crippen molar-refractivity contribution >= 4 is 0 Å². The van der Waals surface area contributed by atoms with E-state index in [1.807, 2.05) is 0 Å². The van der Waals surface area contributed by atoms with E-state index in [1.54, 1.807) is 0 Å². The van der Waals surface area contributed by atoms with Gasteiger partial charge in [-0.05, 0) is 50.8 Å². The van der Waals surface area contributed by atoms with Crippen molar-refractivity contribution in [1.29, 1.82) is 0 Å². The monoisotopic (exact) mass is 247 g/mol. The Balaban J connectivity index is 1.83. The smallest absolute Gasteiger partial charge is 0.0804 e. The fourth-order valence-corrected chi connectivity index (χ4v) is 2.83. The zero-order valence-corrected chi connectivity index (χ0v) is 11.6. The van der Waals surface area contributed by atoms with Gasteiger partial charge < -0.3 is 10.4 Å². The Labute approximate surface area is 110 Å². The minimum Gasteiger partial charge on any atom is -0.388 e. The predicted octanol–water partition coefficient (Wildman–Crippen LogP) is 3.26. The van der Waals surface area contributed by atoms with Gasteiger partial charge in [-0.3, -0.25) is 0 Å². The molecule has 18 heavy (non-hydrogen) atoms. The van der Waals surface area contributed by atoms with Crippen LogP contribution in [0.3, 0.4) is 0 Å². The number of rotatable bonds is 5. The van der Waals surface area contributed by atoms with Gasteiger partial charge in [-0.1, -0.05) is 36.6 Å². The van der Waals surface area contributed by atoms with Gasteiger partial charge in [-0.25, -0.2) is 0 Å². The van der Waals surface area contributed by atoms with Crippen LogP contribution in [0.25, 0.3) is 0 Å². The highest BCUT2D eigenvalue weighted by atomic mass is 16.3. The topological polar surface area (TPSA) is 32.3 Å². The van der Waals surface area contributed by atoms with Crippen LogP contribution >= 0.6 is 0 Å². The van der Waals surface area contributed by atoms with Crippen LogP contribution in [0.1, 0.15) is 54.9 Å². The average Bonchev–Trinajstić information content (AvgIpc) is 2.85. The molecule has 0 heterocycles. The number of aliphatic hydroxyl groups excluding tert-OH is 1. The molecule has 1 aliphatic carbocycles. The molecule has 0 spiro atoms. The SMILES string of the molecule is Cc1ccc(C)c(C(O)CCNC2CCCC2)c1. The molecule has 0 radical (unpaired) electrons. The fraction of sp³-hybridized carbons (Fsp3) is 0.625. The quantitative estimate of drug-likeness (QED) is 0.837. The Kier molecular flexibility index (Phi) is 4.79. The lowest BCUT2D eigenvalue weighted by Gasteiger charge is -2.17. The molecule has 2 N–H and O–H groups in total. The molecule has 1 fully saturated rings. The summed E-state index contributed by atoms with van der Waals surface area (Å²) < 4.78 is 0. The van der Waals surface area contributed by atoms with Crippen molar-refractivity contribution in [2.45, 2.75) is 58.1 Å². The van der Waals surface area contributed by atoms with Crippen LogP contribution in [0.5, 0.6) is 0 Å². The molecular weight excluding hydrogens is 222 g/mol. The summed E-state index contributed by atoms with van der Waals surface area (Å²) in [6, 6.07) is 6.99. The molecule has 0 aliphatic heterocycles. The van der Waals surface area contributed by atoms with Crippen molar-refractivity contribution in [1.82, 2.24) is 5.32 Å². The molecule has 0 amide bonds. The molecule has 1 saturated carbocycles. The summed E-state index contributed by atoms with van der Waals surface area (Å²) in [5.41, 5.74) is 3.50. The Hall–Kier alpha value is -0.860. The summed E-state index contributed by atoms with van der Waals surface area (Å²) in [7, 11) is 0. The number of aryl methyl sites for hydroxylation is 2. The average molecular weight is 247 g/mol. The van der Waals surface area contributed by atoms with Crippen molar-refractivity contribution in [3.63, 3.8) is 0 Å².